The Morgan fingerprint density at radius 3 is 2.69 bits per heavy atom. The first kappa shape index (κ1) is 10.6. The van der Waals surface area contributed by atoms with E-state index in [1.54, 1.807) is 32.2 Å². The fourth-order valence-electron chi connectivity index (χ4n) is 0.866. The summed E-state index contributed by atoms with van der Waals surface area (Å²) in [5.41, 5.74) is 0. The summed E-state index contributed by atoms with van der Waals surface area (Å²) < 4.78 is 12.1. The van der Waals surface area contributed by atoms with Crippen molar-refractivity contribution in [1.82, 2.24) is 9.55 Å². The highest BCUT2D eigenvalue weighted by molar-refractivity contribution is 7.99. The minimum absolute atomic E-state index is 0.165. The minimum Gasteiger partial charge on any atom is -0.355 e. The second kappa shape index (κ2) is 5.26. The lowest BCUT2D eigenvalue weighted by Crippen LogP contribution is -2.16. The molecule has 0 N–H and O–H groups in total. The average molecular weight is 202 g/mol. The van der Waals surface area contributed by atoms with Crippen LogP contribution in [-0.2, 0) is 16.5 Å². The molecule has 0 aromatic carbocycles. The number of hydrogen-bond donors (Lipinski definition) is 0. The highest BCUT2D eigenvalue weighted by Crippen LogP contribution is 2.16. The van der Waals surface area contributed by atoms with E-state index in [1.165, 1.54) is 0 Å². The van der Waals surface area contributed by atoms with Gasteiger partial charge >= 0.3 is 0 Å². The highest BCUT2D eigenvalue weighted by Gasteiger charge is 2.07. The fraction of sp³-hybridized carbons (Fsp3) is 0.625. The molecule has 0 radical (unpaired) electrons. The lowest BCUT2D eigenvalue weighted by Gasteiger charge is -2.11. The maximum Gasteiger partial charge on any atom is 0.167 e. The van der Waals surface area contributed by atoms with Gasteiger partial charge in [-0.05, 0) is 0 Å². The van der Waals surface area contributed by atoms with Crippen LogP contribution in [0.1, 0.15) is 0 Å². The Bertz CT molecular complexity index is 248. The first-order valence-corrected chi connectivity index (χ1v) is 4.92. The summed E-state index contributed by atoms with van der Waals surface area (Å²) in [4.78, 5) is 4.17. The topological polar surface area (TPSA) is 36.3 Å². The van der Waals surface area contributed by atoms with E-state index in [0.717, 1.165) is 10.9 Å². The standard InChI is InChI=1S/C8H14N2O2S/c1-10-5-4-9-8(10)13-6-7(11-2)12-3/h4-5,7H,6H2,1-3H3. The van der Waals surface area contributed by atoms with Crippen molar-refractivity contribution in [3.05, 3.63) is 12.4 Å². The van der Waals surface area contributed by atoms with Crippen molar-refractivity contribution in [2.45, 2.75) is 11.4 Å². The monoisotopic (exact) mass is 202 g/mol. The Morgan fingerprint density at radius 2 is 2.23 bits per heavy atom. The normalized spacial score (nSPS) is 11.1. The van der Waals surface area contributed by atoms with Crippen molar-refractivity contribution >= 4 is 11.8 Å². The molecule has 5 heteroatoms. The third-order valence-electron chi connectivity index (χ3n) is 1.65. The summed E-state index contributed by atoms with van der Waals surface area (Å²) in [6.45, 7) is 0. The molecule has 1 heterocycles. The zero-order chi connectivity index (χ0) is 9.68. The molecular formula is C8H14N2O2S. The van der Waals surface area contributed by atoms with E-state index >= 15 is 0 Å². The number of nitrogens with zero attached hydrogens (tertiary/aromatic N) is 2. The van der Waals surface area contributed by atoms with E-state index in [1.807, 2.05) is 17.8 Å². The molecule has 0 fully saturated rings. The Morgan fingerprint density at radius 1 is 1.54 bits per heavy atom. The van der Waals surface area contributed by atoms with Crippen molar-refractivity contribution in [1.29, 1.82) is 0 Å². The molecule has 0 saturated carbocycles. The molecule has 13 heavy (non-hydrogen) atoms. The number of thioether (sulfide) groups is 1. The summed E-state index contributed by atoms with van der Waals surface area (Å²) >= 11 is 1.61. The predicted molar refractivity (Wildman–Crippen MR) is 51.7 cm³/mol. The van der Waals surface area contributed by atoms with Crippen LogP contribution in [0.5, 0.6) is 0 Å². The van der Waals surface area contributed by atoms with Crippen LogP contribution in [0, 0.1) is 0 Å². The van der Waals surface area contributed by atoms with Crippen molar-refractivity contribution in [3.8, 4) is 0 Å². The van der Waals surface area contributed by atoms with Gasteiger partial charge in [0, 0.05) is 33.7 Å². The molecular weight excluding hydrogens is 188 g/mol. The largest absolute Gasteiger partial charge is 0.355 e. The first-order chi connectivity index (χ1) is 6.27. The van der Waals surface area contributed by atoms with Gasteiger partial charge in [0.1, 0.15) is 0 Å². The van der Waals surface area contributed by atoms with Crippen LogP contribution in [0.2, 0.25) is 0 Å². The van der Waals surface area contributed by atoms with Gasteiger partial charge < -0.3 is 14.0 Å². The van der Waals surface area contributed by atoms with Gasteiger partial charge in [0.2, 0.25) is 0 Å². The summed E-state index contributed by atoms with van der Waals surface area (Å²) in [6.07, 6.45) is 3.52. The Kier molecular flexibility index (Phi) is 4.27. The molecule has 0 bridgehead atoms. The minimum atomic E-state index is -0.165. The molecule has 74 valence electrons. The van der Waals surface area contributed by atoms with Gasteiger partial charge in [-0.15, -0.1) is 0 Å². The molecule has 0 aliphatic rings. The molecule has 0 aliphatic carbocycles. The average Bonchev–Trinajstić information content (AvgIpc) is 2.54. The number of methoxy groups -OCH3 is 2. The van der Waals surface area contributed by atoms with Crippen LogP contribution in [0.4, 0.5) is 0 Å². The van der Waals surface area contributed by atoms with Gasteiger partial charge in [0.15, 0.2) is 11.4 Å². The van der Waals surface area contributed by atoms with Crippen LogP contribution in [0.3, 0.4) is 0 Å². The predicted octanol–water partition coefficient (Wildman–Crippen LogP) is 1.13. The van der Waals surface area contributed by atoms with Gasteiger partial charge in [-0.3, -0.25) is 0 Å². The number of ether oxygens (including phenoxy) is 2. The molecule has 0 spiro atoms. The fourth-order valence-corrected chi connectivity index (χ4v) is 1.82. The van der Waals surface area contributed by atoms with Crippen LogP contribution in [0.25, 0.3) is 0 Å². The third kappa shape index (κ3) is 3.02. The summed E-state index contributed by atoms with van der Waals surface area (Å²) in [7, 11) is 5.23. The molecule has 0 unspecified atom stereocenters. The van der Waals surface area contributed by atoms with E-state index in [9.17, 15) is 0 Å². The molecule has 0 saturated heterocycles. The second-order valence-corrected chi connectivity index (χ2v) is 3.52. The van der Waals surface area contributed by atoms with Gasteiger partial charge in [0.25, 0.3) is 0 Å². The molecule has 1 rings (SSSR count). The summed E-state index contributed by atoms with van der Waals surface area (Å²) in [6, 6.07) is 0. The molecule has 4 nitrogen and oxygen atoms in total. The van der Waals surface area contributed by atoms with Gasteiger partial charge in [-0.25, -0.2) is 4.98 Å². The number of hydrogen-bond acceptors (Lipinski definition) is 4. The van der Waals surface area contributed by atoms with Crippen molar-refractivity contribution < 1.29 is 9.47 Å². The van der Waals surface area contributed by atoms with E-state index in [-0.39, 0.29) is 6.29 Å². The molecule has 0 atom stereocenters. The lowest BCUT2D eigenvalue weighted by molar-refractivity contribution is -0.0842. The lowest BCUT2D eigenvalue weighted by atomic mass is 10.7. The van der Waals surface area contributed by atoms with Crippen LogP contribution in [0.15, 0.2) is 17.6 Å². The third-order valence-corrected chi connectivity index (χ3v) is 2.74. The Labute approximate surface area is 82.2 Å². The zero-order valence-electron chi connectivity index (χ0n) is 8.06. The molecule has 0 aliphatic heterocycles. The SMILES string of the molecule is COC(CSc1nccn1C)OC. The number of rotatable bonds is 5. The smallest absolute Gasteiger partial charge is 0.167 e. The van der Waals surface area contributed by atoms with Gasteiger partial charge in [0.05, 0.1) is 5.75 Å². The van der Waals surface area contributed by atoms with Crippen molar-refractivity contribution in [3.63, 3.8) is 0 Å². The molecule has 1 aromatic heterocycles. The van der Waals surface area contributed by atoms with Gasteiger partial charge in [-0.2, -0.15) is 0 Å². The zero-order valence-corrected chi connectivity index (χ0v) is 8.87. The maximum absolute atomic E-state index is 5.06. The van der Waals surface area contributed by atoms with E-state index < -0.39 is 0 Å². The summed E-state index contributed by atoms with van der Waals surface area (Å²) in [5, 5.41) is 0.971. The van der Waals surface area contributed by atoms with Crippen molar-refractivity contribution in [2.24, 2.45) is 7.05 Å². The molecule has 0 amide bonds. The highest BCUT2D eigenvalue weighted by atomic mass is 32.2. The van der Waals surface area contributed by atoms with Crippen LogP contribution >= 0.6 is 11.8 Å². The molecule has 1 aromatic rings. The number of imidazole rings is 1. The second-order valence-electron chi connectivity index (χ2n) is 2.53. The van der Waals surface area contributed by atoms with Crippen molar-refractivity contribution in [2.75, 3.05) is 20.0 Å². The van der Waals surface area contributed by atoms with Crippen LogP contribution < -0.4 is 0 Å². The first-order valence-electron chi connectivity index (χ1n) is 3.93. The Balaban J connectivity index is 2.38. The van der Waals surface area contributed by atoms with E-state index in [2.05, 4.69) is 4.98 Å². The van der Waals surface area contributed by atoms with Crippen LogP contribution in [-0.4, -0.2) is 35.8 Å². The van der Waals surface area contributed by atoms with E-state index in [4.69, 9.17) is 9.47 Å². The number of aromatic nitrogens is 2. The van der Waals surface area contributed by atoms with E-state index in [0.29, 0.717) is 0 Å². The number of aryl methyl sites for hydroxylation is 1. The van der Waals surface area contributed by atoms with Gasteiger partial charge in [-0.1, -0.05) is 11.8 Å². The maximum atomic E-state index is 5.06. The quantitative estimate of drug-likeness (QED) is 0.530. The summed E-state index contributed by atoms with van der Waals surface area (Å²) in [5.74, 6) is 0.748. The Hall–Kier alpha value is -0.520.